The Morgan fingerprint density at radius 1 is 0.786 bits per heavy atom. The van der Waals surface area contributed by atoms with Crippen molar-refractivity contribution in [1.29, 1.82) is 5.26 Å². The molecule has 150 valence electrons. The summed E-state index contributed by atoms with van der Waals surface area (Å²) in [5.41, 5.74) is 1.75. The highest BCUT2D eigenvalue weighted by molar-refractivity contribution is 5.40. The molecule has 0 heterocycles. The fraction of sp³-hybridized carbons (Fsp3) is 0.667. The van der Waals surface area contributed by atoms with Gasteiger partial charge in [0.25, 0.3) is 0 Å². The fourth-order valence-corrected chi connectivity index (χ4v) is 5.36. The molecule has 28 heavy (non-hydrogen) atoms. The van der Waals surface area contributed by atoms with Gasteiger partial charge in [-0.2, -0.15) is 5.26 Å². The Morgan fingerprint density at radius 2 is 1.39 bits per heavy atom. The molecular formula is C27H37N. The quantitative estimate of drug-likeness (QED) is 0.373. The summed E-state index contributed by atoms with van der Waals surface area (Å²) >= 11 is 0. The Labute approximate surface area is 172 Å². The molecule has 1 nitrogen and oxygen atoms in total. The van der Waals surface area contributed by atoms with Crippen molar-refractivity contribution in [3.05, 3.63) is 35.4 Å². The van der Waals surface area contributed by atoms with Crippen molar-refractivity contribution >= 4 is 0 Å². The molecule has 2 saturated carbocycles. The molecule has 0 bridgehead atoms. The smallest absolute Gasteiger partial charge is 0.0991 e. The van der Waals surface area contributed by atoms with E-state index in [1.54, 1.807) is 0 Å². The van der Waals surface area contributed by atoms with Crippen LogP contribution < -0.4 is 0 Å². The maximum absolute atomic E-state index is 8.88. The summed E-state index contributed by atoms with van der Waals surface area (Å²) in [6.45, 7) is 2.30. The van der Waals surface area contributed by atoms with E-state index in [4.69, 9.17) is 5.26 Å². The Kier molecular flexibility index (Phi) is 8.48. The molecule has 0 spiro atoms. The van der Waals surface area contributed by atoms with Gasteiger partial charge in [-0.3, -0.25) is 0 Å². The van der Waals surface area contributed by atoms with E-state index in [9.17, 15) is 0 Å². The van der Waals surface area contributed by atoms with Gasteiger partial charge < -0.3 is 0 Å². The van der Waals surface area contributed by atoms with Gasteiger partial charge in [0.15, 0.2) is 0 Å². The van der Waals surface area contributed by atoms with E-state index in [2.05, 4.69) is 24.8 Å². The molecule has 0 atom stereocenters. The molecule has 0 aromatic heterocycles. The molecule has 1 aromatic carbocycles. The molecule has 2 aliphatic rings. The van der Waals surface area contributed by atoms with Gasteiger partial charge in [-0.25, -0.2) is 0 Å². The van der Waals surface area contributed by atoms with Crippen molar-refractivity contribution in [2.75, 3.05) is 0 Å². The number of hydrogen-bond donors (Lipinski definition) is 0. The van der Waals surface area contributed by atoms with E-state index in [1.165, 1.54) is 83.5 Å². The lowest BCUT2D eigenvalue weighted by Gasteiger charge is -2.37. The second-order valence-corrected chi connectivity index (χ2v) is 9.20. The molecular weight excluding hydrogens is 338 g/mol. The molecule has 0 N–H and O–H groups in total. The number of unbranched alkanes of at least 4 members (excludes halogenated alkanes) is 3. The van der Waals surface area contributed by atoms with Crippen LogP contribution in [0, 0.1) is 46.8 Å². The highest BCUT2D eigenvalue weighted by Crippen LogP contribution is 2.42. The first-order valence-corrected chi connectivity index (χ1v) is 11.8. The SMILES string of the molecule is CCCCCCC1CCC(C2CCC(C#Cc3ccc(C#N)cc3)CC2)CC1. The van der Waals surface area contributed by atoms with Crippen LogP contribution in [0.3, 0.4) is 0 Å². The van der Waals surface area contributed by atoms with Crippen LogP contribution in [0.2, 0.25) is 0 Å². The average molecular weight is 376 g/mol. The monoisotopic (exact) mass is 375 g/mol. The van der Waals surface area contributed by atoms with E-state index >= 15 is 0 Å². The van der Waals surface area contributed by atoms with Crippen molar-refractivity contribution in [3.63, 3.8) is 0 Å². The summed E-state index contributed by atoms with van der Waals surface area (Å²) < 4.78 is 0. The first-order valence-electron chi connectivity index (χ1n) is 11.8. The molecule has 1 heteroatoms. The summed E-state index contributed by atoms with van der Waals surface area (Å²) in [6.07, 6.45) is 18.5. The van der Waals surface area contributed by atoms with Crippen LogP contribution in [-0.2, 0) is 0 Å². The number of benzene rings is 1. The van der Waals surface area contributed by atoms with Crippen LogP contribution in [0.4, 0.5) is 0 Å². The third kappa shape index (κ3) is 6.41. The Morgan fingerprint density at radius 3 is 2.00 bits per heavy atom. The first kappa shape index (κ1) is 21.0. The molecule has 0 radical (unpaired) electrons. The lowest BCUT2D eigenvalue weighted by Crippen LogP contribution is -2.25. The topological polar surface area (TPSA) is 23.8 Å². The third-order valence-electron chi connectivity index (χ3n) is 7.23. The molecule has 0 saturated heterocycles. The summed E-state index contributed by atoms with van der Waals surface area (Å²) in [7, 11) is 0. The van der Waals surface area contributed by atoms with Crippen molar-refractivity contribution < 1.29 is 0 Å². The van der Waals surface area contributed by atoms with Crippen LogP contribution in [0.25, 0.3) is 0 Å². The Bertz CT molecular complexity index is 668. The minimum Gasteiger partial charge on any atom is -0.192 e. The van der Waals surface area contributed by atoms with Gasteiger partial charge in [-0.1, -0.05) is 63.7 Å². The normalized spacial score (nSPS) is 27.4. The summed E-state index contributed by atoms with van der Waals surface area (Å²) in [5.74, 6) is 10.4. The van der Waals surface area contributed by atoms with Gasteiger partial charge in [-0.05, 0) is 80.5 Å². The van der Waals surface area contributed by atoms with Crippen molar-refractivity contribution in [1.82, 2.24) is 0 Å². The highest BCUT2D eigenvalue weighted by atomic mass is 14.4. The molecule has 2 fully saturated rings. The number of hydrogen-bond acceptors (Lipinski definition) is 1. The van der Waals surface area contributed by atoms with E-state index in [1.807, 2.05) is 24.3 Å². The predicted molar refractivity (Wildman–Crippen MR) is 118 cm³/mol. The molecule has 0 amide bonds. The average Bonchev–Trinajstić information content (AvgIpc) is 2.76. The second-order valence-electron chi connectivity index (χ2n) is 9.20. The van der Waals surface area contributed by atoms with Crippen LogP contribution in [0.1, 0.15) is 102 Å². The van der Waals surface area contributed by atoms with Crippen molar-refractivity contribution in [2.24, 2.45) is 23.7 Å². The lowest BCUT2D eigenvalue weighted by atomic mass is 9.69. The molecule has 2 aliphatic carbocycles. The fourth-order valence-electron chi connectivity index (χ4n) is 5.36. The van der Waals surface area contributed by atoms with Gasteiger partial charge in [0, 0.05) is 11.5 Å². The van der Waals surface area contributed by atoms with Gasteiger partial charge in [0.2, 0.25) is 0 Å². The minimum atomic E-state index is 0.571. The van der Waals surface area contributed by atoms with Crippen molar-refractivity contribution in [2.45, 2.75) is 90.4 Å². The van der Waals surface area contributed by atoms with Crippen LogP contribution >= 0.6 is 0 Å². The summed E-state index contributed by atoms with van der Waals surface area (Å²) in [6, 6.07) is 9.83. The maximum atomic E-state index is 8.88. The van der Waals surface area contributed by atoms with Gasteiger partial charge in [0.1, 0.15) is 0 Å². The zero-order chi connectivity index (χ0) is 19.6. The molecule has 0 unspecified atom stereocenters. The lowest BCUT2D eigenvalue weighted by molar-refractivity contribution is 0.153. The third-order valence-corrected chi connectivity index (χ3v) is 7.23. The predicted octanol–water partition coefficient (Wildman–Crippen LogP) is 7.49. The summed E-state index contributed by atoms with van der Waals surface area (Å²) in [5, 5.41) is 8.88. The van der Waals surface area contributed by atoms with Gasteiger partial charge in [-0.15, -0.1) is 0 Å². The second kappa shape index (κ2) is 11.3. The maximum Gasteiger partial charge on any atom is 0.0991 e. The Balaban J connectivity index is 1.37. The zero-order valence-electron chi connectivity index (χ0n) is 17.8. The van der Waals surface area contributed by atoms with Crippen molar-refractivity contribution in [3.8, 4) is 17.9 Å². The molecule has 1 aromatic rings. The van der Waals surface area contributed by atoms with Crippen LogP contribution in [0.5, 0.6) is 0 Å². The number of rotatable bonds is 6. The zero-order valence-corrected chi connectivity index (χ0v) is 17.8. The summed E-state index contributed by atoms with van der Waals surface area (Å²) in [4.78, 5) is 0. The van der Waals surface area contributed by atoms with E-state index in [0.717, 1.165) is 23.3 Å². The van der Waals surface area contributed by atoms with E-state index in [-0.39, 0.29) is 0 Å². The van der Waals surface area contributed by atoms with Gasteiger partial charge >= 0.3 is 0 Å². The number of nitrogens with zero attached hydrogens (tertiary/aromatic N) is 1. The van der Waals surface area contributed by atoms with E-state index < -0.39 is 0 Å². The number of nitriles is 1. The van der Waals surface area contributed by atoms with Crippen LogP contribution in [0.15, 0.2) is 24.3 Å². The highest BCUT2D eigenvalue weighted by Gasteiger charge is 2.30. The standard InChI is InChI=1S/C27H37N/c1-2-3-4-5-6-22-13-17-26(18-14-22)27-19-15-24(16-20-27)8-7-23-9-11-25(21-28)12-10-23/h9-12,22,24,26-27H,2-6,13-20H2,1H3. The van der Waals surface area contributed by atoms with E-state index in [0.29, 0.717) is 11.5 Å². The largest absolute Gasteiger partial charge is 0.192 e. The molecule has 0 aliphatic heterocycles. The Hall–Kier alpha value is -1.73. The minimum absolute atomic E-state index is 0.571. The first-order chi connectivity index (χ1) is 13.8. The molecule has 3 rings (SSSR count). The van der Waals surface area contributed by atoms with Gasteiger partial charge in [0.05, 0.1) is 11.6 Å². The van der Waals surface area contributed by atoms with Crippen LogP contribution in [-0.4, -0.2) is 0 Å².